The first kappa shape index (κ1) is 13.9. The smallest absolute Gasteiger partial charge is 0.222 e. The van der Waals surface area contributed by atoms with Crippen LogP contribution in [0.1, 0.15) is 11.1 Å². The first-order valence-electron chi connectivity index (χ1n) is 5.65. The number of halogens is 1. The Morgan fingerprint density at radius 2 is 2.00 bits per heavy atom. The first-order valence-corrected chi connectivity index (χ1v) is 6.03. The second kappa shape index (κ2) is 5.23. The summed E-state index contributed by atoms with van der Waals surface area (Å²) in [7, 11) is 1.52. The topological polar surface area (TPSA) is 111 Å². The van der Waals surface area contributed by atoms with Crippen molar-refractivity contribution in [1.82, 2.24) is 9.97 Å². The summed E-state index contributed by atoms with van der Waals surface area (Å²) in [4.78, 5) is 7.85. The van der Waals surface area contributed by atoms with Crippen molar-refractivity contribution in [3.63, 3.8) is 0 Å². The molecular formula is C13H12ClN5O. The number of rotatable bonds is 2. The quantitative estimate of drug-likeness (QED) is 0.876. The van der Waals surface area contributed by atoms with Crippen molar-refractivity contribution in [2.45, 2.75) is 6.92 Å². The third kappa shape index (κ3) is 2.31. The number of nitrogens with zero attached hydrogens (tertiary/aromatic N) is 3. The van der Waals surface area contributed by atoms with Gasteiger partial charge in [-0.1, -0.05) is 11.6 Å². The number of nitrogens with two attached hydrogens (primary N) is 2. The summed E-state index contributed by atoms with van der Waals surface area (Å²) in [5.41, 5.74) is 13.1. The third-order valence-electron chi connectivity index (χ3n) is 2.80. The molecule has 102 valence electrons. The van der Waals surface area contributed by atoms with Gasteiger partial charge in [-0.2, -0.15) is 10.2 Å². The molecule has 4 N–H and O–H groups in total. The number of nitrogen functional groups attached to an aromatic ring is 2. The maximum atomic E-state index is 9.21. The molecule has 0 bridgehead atoms. The van der Waals surface area contributed by atoms with Crippen LogP contribution < -0.4 is 16.2 Å². The van der Waals surface area contributed by atoms with Crippen LogP contribution in [-0.4, -0.2) is 17.1 Å². The maximum absolute atomic E-state index is 9.21. The lowest BCUT2D eigenvalue weighted by molar-refractivity contribution is 0.416. The molecule has 1 aromatic heterocycles. The van der Waals surface area contributed by atoms with Gasteiger partial charge in [0.1, 0.15) is 23.2 Å². The van der Waals surface area contributed by atoms with Gasteiger partial charge in [0, 0.05) is 10.6 Å². The van der Waals surface area contributed by atoms with Gasteiger partial charge in [-0.15, -0.1) is 0 Å². The van der Waals surface area contributed by atoms with E-state index in [0.717, 1.165) is 5.56 Å². The van der Waals surface area contributed by atoms with Crippen LogP contribution in [-0.2, 0) is 0 Å². The maximum Gasteiger partial charge on any atom is 0.222 e. The highest BCUT2D eigenvalue weighted by molar-refractivity contribution is 6.31. The van der Waals surface area contributed by atoms with Gasteiger partial charge in [0.2, 0.25) is 5.95 Å². The van der Waals surface area contributed by atoms with Crippen LogP contribution in [0.15, 0.2) is 12.1 Å². The summed E-state index contributed by atoms with van der Waals surface area (Å²) in [6.07, 6.45) is 0. The number of ether oxygens (including phenoxy) is 1. The van der Waals surface area contributed by atoms with Crippen LogP contribution in [0.2, 0.25) is 5.02 Å². The molecule has 0 saturated heterocycles. The molecule has 0 unspecified atom stereocenters. The lowest BCUT2D eigenvalue weighted by atomic mass is 10.0. The molecule has 1 heterocycles. The van der Waals surface area contributed by atoms with Crippen LogP contribution in [0, 0.1) is 18.3 Å². The Bertz CT molecular complexity index is 724. The second-order valence-electron chi connectivity index (χ2n) is 4.10. The van der Waals surface area contributed by atoms with E-state index in [4.69, 9.17) is 27.8 Å². The van der Waals surface area contributed by atoms with E-state index >= 15 is 0 Å². The highest BCUT2D eigenvalue weighted by atomic mass is 35.5. The average molecular weight is 290 g/mol. The highest BCUT2D eigenvalue weighted by Gasteiger charge is 2.18. The fourth-order valence-electron chi connectivity index (χ4n) is 1.81. The van der Waals surface area contributed by atoms with Crippen molar-refractivity contribution in [2.24, 2.45) is 0 Å². The van der Waals surface area contributed by atoms with E-state index in [-0.39, 0.29) is 17.3 Å². The van der Waals surface area contributed by atoms with Crippen molar-refractivity contribution in [2.75, 3.05) is 18.6 Å². The lowest BCUT2D eigenvalue weighted by Crippen LogP contribution is -2.05. The van der Waals surface area contributed by atoms with E-state index in [2.05, 4.69) is 9.97 Å². The van der Waals surface area contributed by atoms with Gasteiger partial charge in [-0.25, -0.2) is 4.98 Å². The van der Waals surface area contributed by atoms with Crippen LogP contribution in [0.3, 0.4) is 0 Å². The normalized spacial score (nSPS) is 10.1. The Balaban J connectivity index is 2.81. The predicted octanol–water partition coefficient (Wildman–Crippen LogP) is 2.15. The molecule has 2 aromatic rings. The SMILES string of the molecule is COc1cc(C)c(Cl)cc1-c1nc(N)nc(N)c1C#N. The molecule has 0 radical (unpaired) electrons. The summed E-state index contributed by atoms with van der Waals surface area (Å²) in [5, 5.41) is 9.74. The summed E-state index contributed by atoms with van der Waals surface area (Å²) in [6.45, 7) is 1.85. The van der Waals surface area contributed by atoms with Crippen LogP contribution in [0.5, 0.6) is 5.75 Å². The molecule has 0 atom stereocenters. The molecule has 0 amide bonds. The number of hydrogen-bond acceptors (Lipinski definition) is 6. The number of anilines is 2. The van der Waals surface area contributed by atoms with E-state index in [1.807, 2.05) is 13.0 Å². The van der Waals surface area contributed by atoms with Gasteiger partial charge in [-0.05, 0) is 24.6 Å². The second-order valence-corrected chi connectivity index (χ2v) is 4.51. The van der Waals surface area contributed by atoms with E-state index in [9.17, 15) is 5.26 Å². The number of aromatic nitrogens is 2. The van der Waals surface area contributed by atoms with Crippen molar-refractivity contribution >= 4 is 23.4 Å². The summed E-state index contributed by atoms with van der Waals surface area (Å²) >= 11 is 6.12. The van der Waals surface area contributed by atoms with E-state index < -0.39 is 0 Å². The Hall–Kier alpha value is -2.52. The largest absolute Gasteiger partial charge is 0.496 e. The number of benzene rings is 1. The Kier molecular flexibility index (Phi) is 3.63. The standard InChI is InChI=1S/C13H12ClN5O/c1-6-3-10(20-2)7(4-9(6)14)11-8(5-15)12(16)19-13(17)18-11/h3-4H,1-2H3,(H4,16,17,18,19). The fraction of sp³-hybridized carbons (Fsp3) is 0.154. The summed E-state index contributed by atoms with van der Waals surface area (Å²) in [5.74, 6) is 0.532. The van der Waals surface area contributed by atoms with E-state index in [1.54, 1.807) is 12.1 Å². The predicted molar refractivity (Wildman–Crippen MR) is 77.3 cm³/mol. The number of hydrogen-bond donors (Lipinski definition) is 2. The Morgan fingerprint density at radius 1 is 1.30 bits per heavy atom. The highest BCUT2D eigenvalue weighted by Crippen LogP contribution is 2.36. The van der Waals surface area contributed by atoms with Gasteiger partial charge < -0.3 is 16.2 Å². The van der Waals surface area contributed by atoms with Gasteiger partial charge in [0.15, 0.2) is 0 Å². The number of aryl methyl sites for hydroxylation is 1. The van der Waals surface area contributed by atoms with Crippen molar-refractivity contribution < 1.29 is 4.74 Å². The van der Waals surface area contributed by atoms with Crippen LogP contribution in [0.25, 0.3) is 11.3 Å². The number of methoxy groups -OCH3 is 1. The molecule has 0 aliphatic rings. The van der Waals surface area contributed by atoms with E-state index in [0.29, 0.717) is 22.0 Å². The third-order valence-corrected chi connectivity index (χ3v) is 3.21. The molecule has 1 aromatic carbocycles. The molecule has 0 saturated carbocycles. The van der Waals surface area contributed by atoms with E-state index in [1.165, 1.54) is 7.11 Å². The Labute approximate surface area is 121 Å². The van der Waals surface area contributed by atoms with Crippen LogP contribution in [0.4, 0.5) is 11.8 Å². The molecule has 0 aliphatic heterocycles. The minimum absolute atomic E-state index is 0.0183. The fourth-order valence-corrected chi connectivity index (χ4v) is 1.97. The van der Waals surface area contributed by atoms with Crippen molar-refractivity contribution in [3.8, 4) is 23.1 Å². The molecule has 2 rings (SSSR count). The summed E-state index contributed by atoms with van der Waals surface area (Å²) in [6, 6.07) is 5.39. The zero-order valence-corrected chi connectivity index (χ0v) is 11.7. The Morgan fingerprint density at radius 3 is 2.60 bits per heavy atom. The van der Waals surface area contributed by atoms with Gasteiger partial charge in [0.25, 0.3) is 0 Å². The van der Waals surface area contributed by atoms with Crippen molar-refractivity contribution in [1.29, 1.82) is 5.26 Å². The molecule has 0 spiro atoms. The number of nitriles is 1. The molecule has 6 nitrogen and oxygen atoms in total. The first-order chi connectivity index (χ1) is 9.47. The van der Waals surface area contributed by atoms with Gasteiger partial charge in [-0.3, -0.25) is 0 Å². The van der Waals surface area contributed by atoms with Crippen LogP contribution >= 0.6 is 11.6 Å². The van der Waals surface area contributed by atoms with Crippen molar-refractivity contribution in [3.05, 3.63) is 28.3 Å². The lowest BCUT2D eigenvalue weighted by Gasteiger charge is -2.12. The molecule has 0 aliphatic carbocycles. The average Bonchev–Trinajstić information content (AvgIpc) is 2.40. The molecule has 7 heteroatoms. The minimum Gasteiger partial charge on any atom is -0.496 e. The summed E-state index contributed by atoms with van der Waals surface area (Å²) < 4.78 is 5.30. The zero-order valence-electron chi connectivity index (χ0n) is 10.9. The molecule has 20 heavy (non-hydrogen) atoms. The molecule has 0 fully saturated rings. The van der Waals surface area contributed by atoms with Gasteiger partial charge in [0.05, 0.1) is 12.8 Å². The molecular weight excluding hydrogens is 278 g/mol. The van der Waals surface area contributed by atoms with Gasteiger partial charge >= 0.3 is 0 Å². The minimum atomic E-state index is -0.0183. The monoisotopic (exact) mass is 289 g/mol. The zero-order chi connectivity index (χ0) is 14.9.